The summed E-state index contributed by atoms with van der Waals surface area (Å²) >= 11 is 1.53. The second kappa shape index (κ2) is 3.53. The number of aromatic amines is 1. The van der Waals surface area contributed by atoms with Crippen molar-refractivity contribution in [1.82, 2.24) is 29.9 Å². The molecule has 7 heteroatoms. The summed E-state index contributed by atoms with van der Waals surface area (Å²) in [6.45, 7) is 0. The molecule has 3 aromatic heterocycles. The van der Waals surface area contributed by atoms with Crippen molar-refractivity contribution in [2.45, 2.75) is 0 Å². The minimum absolute atomic E-state index is 0.693. The quantitative estimate of drug-likeness (QED) is 0.723. The van der Waals surface area contributed by atoms with Crippen molar-refractivity contribution < 1.29 is 0 Å². The number of H-pyrrole nitrogens is 1. The van der Waals surface area contributed by atoms with E-state index < -0.39 is 0 Å². The van der Waals surface area contributed by atoms with Gasteiger partial charge in [-0.3, -0.25) is 9.78 Å². The summed E-state index contributed by atoms with van der Waals surface area (Å²) in [7, 11) is 1.89. The van der Waals surface area contributed by atoms with Crippen LogP contribution in [0.25, 0.3) is 22.2 Å². The molecule has 0 fully saturated rings. The van der Waals surface area contributed by atoms with E-state index in [4.69, 9.17) is 0 Å². The van der Waals surface area contributed by atoms with Crippen LogP contribution >= 0.6 is 11.3 Å². The van der Waals surface area contributed by atoms with E-state index in [-0.39, 0.29) is 0 Å². The number of hydrogen-bond acceptors (Lipinski definition) is 5. The SMILES string of the molecule is Cn1nccc1-c1csc(-c2ncn[nH]2)n1. The molecule has 0 radical (unpaired) electrons. The Labute approximate surface area is 95.0 Å². The van der Waals surface area contributed by atoms with Gasteiger partial charge in [0, 0.05) is 18.6 Å². The molecular formula is C9H8N6S. The first-order valence-electron chi connectivity index (χ1n) is 4.64. The molecule has 0 aliphatic rings. The van der Waals surface area contributed by atoms with Gasteiger partial charge < -0.3 is 0 Å². The second-order valence-corrected chi connectivity index (χ2v) is 4.07. The fourth-order valence-electron chi connectivity index (χ4n) is 1.43. The van der Waals surface area contributed by atoms with Crippen molar-refractivity contribution in [3.05, 3.63) is 24.0 Å². The Morgan fingerprint density at radius 1 is 1.44 bits per heavy atom. The molecule has 3 heterocycles. The van der Waals surface area contributed by atoms with E-state index in [9.17, 15) is 0 Å². The summed E-state index contributed by atoms with van der Waals surface area (Å²) in [5.74, 6) is 0.693. The van der Waals surface area contributed by atoms with Gasteiger partial charge in [0.2, 0.25) is 0 Å². The van der Waals surface area contributed by atoms with Gasteiger partial charge in [0.15, 0.2) is 10.8 Å². The lowest BCUT2D eigenvalue weighted by Crippen LogP contribution is -1.93. The minimum Gasteiger partial charge on any atom is -0.266 e. The van der Waals surface area contributed by atoms with Crippen LogP contribution in [-0.4, -0.2) is 29.9 Å². The van der Waals surface area contributed by atoms with Gasteiger partial charge in [-0.15, -0.1) is 11.3 Å². The normalized spacial score (nSPS) is 10.8. The average molecular weight is 232 g/mol. The van der Waals surface area contributed by atoms with Crippen LogP contribution in [0.5, 0.6) is 0 Å². The van der Waals surface area contributed by atoms with Crippen LogP contribution in [0.1, 0.15) is 0 Å². The molecule has 16 heavy (non-hydrogen) atoms. The Kier molecular flexibility index (Phi) is 2.03. The highest BCUT2D eigenvalue weighted by Crippen LogP contribution is 2.25. The molecule has 0 atom stereocenters. The summed E-state index contributed by atoms with van der Waals surface area (Å²) in [5.41, 5.74) is 1.89. The maximum atomic E-state index is 4.48. The zero-order valence-corrected chi connectivity index (χ0v) is 9.27. The number of rotatable bonds is 2. The molecule has 0 saturated carbocycles. The first-order valence-corrected chi connectivity index (χ1v) is 5.52. The van der Waals surface area contributed by atoms with Crippen LogP contribution in [0.4, 0.5) is 0 Å². The van der Waals surface area contributed by atoms with Crippen LogP contribution < -0.4 is 0 Å². The number of thiazole rings is 1. The fourth-order valence-corrected chi connectivity index (χ4v) is 2.19. The first kappa shape index (κ1) is 9.22. The predicted octanol–water partition coefficient (Wildman–Crippen LogP) is 1.33. The Morgan fingerprint density at radius 3 is 3.06 bits per heavy atom. The summed E-state index contributed by atoms with van der Waals surface area (Å²) in [4.78, 5) is 8.54. The van der Waals surface area contributed by atoms with Crippen molar-refractivity contribution in [1.29, 1.82) is 0 Å². The van der Waals surface area contributed by atoms with Crippen LogP contribution in [-0.2, 0) is 7.05 Å². The van der Waals surface area contributed by atoms with Crippen molar-refractivity contribution in [2.75, 3.05) is 0 Å². The molecular weight excluding hydrogens is 224 g/mol. The van der Waals surface area contributed by atoms with E-state index in [1.165, 1.54) is 17.7 Å². The van der Waals surface area contributed by atoms with Crippen LogP contribution in [0, 0.1) is 0 Å². The summed E-state index contributed by atoms with van der Waals surface area (Å²) in [5, 5.41) is 13.5. The number of nitrogens with zero attached hydrogens (tertiary/aromatic N) is 5. The Bertz CT molecular complexity index is 593. The second-order valence-electron chi connectivity index (χ2n) is 3.21. The van der Waals surface area contributed by atoms with Crippen molar-refractivity contribution >= 4 is 11.3 Å². The lowest BCUT2D eigenvalue weighted by atomic mass is 10.3. The van der Waals surface area contributed by atoms with E-state index in [0.717, 1.165) is 16.4 Å². The summed E-state index contributed by atoms with van der Waals surface area (Å²) in [6.07, 6.45) is 3.23. The molecule has 0 amide bonds. The molecule has 3 aromatic rings. The van der Waals surface area contributed by atoms with Gasteiger partial charge in [0.1, 0.15) is 12.0 Å². The van der Waals surface area contributed by atoms with Crippen LogP contribution in [0.2, 0.25) is 0 Å². The van der Waals surface area contributed by atoms with Gasteiger partial charge in [-0.1, -0.05) is 0 Å². The van der Waals surface area contributed by atoms with E-state index in [1.807, 2.05) is 18.5 Å². The zero-order chi connectivity index (χ0) is 11.0. The number of aryl methyl sites for hydroxylation is 1. The zero-order valence-electron chi connectivity index (χ0n) is 8.45. The molecule has 0 aromatic carbocycles. The van der Waals surface area contributed by atoms with E-state index in [2.05, 4.69) is 25.3 Å². The van der Waals surface area contributed by atoms with Crippen molar-refractivity contribution in [3.8, 4) is 22.2 Å². The highest BCUT2D eigenvalue weighted by atomic mass is 32.1. The summed E-state index contributed by atoms with van der Waals surface area (Å²) < 4.78 is 1.79. The highest BCUT2D eigenvalue weighted by molar-refractivity contribution is 7.13. The Balaban J connectivity index is 2.03. The van der Waals surface area contributed by atoms with Gasteiger partial charge >= 0.3 is 0 Å². The summed E-state index contributed by atoms with van der Waals surface area (Å²) in [6, 6.07) is 1.93. The average Bonchev–Trinajstić information content (AvgIpc) is 2.96. The molecule has 1 N–H and O–H groups in total. The molecule has 0 unspecified atom stereocenters. The van der Waals surface area contributed by atoms with Crippen molar-refractivity contribution in [2.24, 2.45) is 7.05 Å². The third-order valence-corrected chi connectivity index (χ3v) is 3.05. The Morgan fingerprint density at radius 2 is 2.38 bits per heavy atom. The maximum absolute atomic E-state index is 4.48. The standard InChI is InChI=1S/C9H8N6S/c1-15-7(2-3-12-15)6-4-16-9(13-6)8-10-5-11-14-8/h2-5H,1H3,(H,10,11,14). The highest BCUT2D eigenvalue weighted by Gasteiger charge is 2.10. The van der Waals surface area contributed by atoms with Crippen LogP contribution in [0.15, 0.2) is 24.0 Å². The lowest BCUT2D eigenvalue weighted by Gasteiger charge is -1.95. The fraction of sp³-hybridized carbons (Fsp3) is 0.111. The molecule has 0 spiro atoms. The van der Waals surface area contributed by atoms with Crippen LogP contribution in [0.3, 0.4) is 0 Å². The van der Waals surface area contributed by atoms with Gasteiger partial charge in [-0.2, -0.15) is 10.2 Å². The molecule has 0 bridgehead atoms. The van der Waals surface area contributed by atoms with E-state index in [1.54, 1.807) is 10.9 Å². The molecule has 0 saturated heterocycles. The van der Waals surface area contributed by atoms with Crippen molar-refractivity contribution in [3.63, 3.8) is 0 Å². The number of nitrogens with one attached hydrogen (secondary N) is 1. The predicted molar refractivity (Wildman–Crippen MR) is 59.7 cm³/mol. The maximum Gasteiger partial charge on any atom is 0.184 e. The van der Waals surface area contributed by atoms with Gasteiger partial charge in [0.25, 0.3) is 0 Å². The largest absolute Gasteiger partial charge is 0.266 e. The minimum atomic E-state index is 0.693. The topological polar surface area (TPSA) is 72.3 Å². The smallest absolute Gasteiger partial charge is 0.184 e. The Hall–Kier alpha value is -2.02. The van der Waals surface area contributed by atoms with E-state index >= 15 is 0 Å². The lowest BCUT2D eigenvalue weighted by molar-refractivity contribution is 0.774. The van der Waals surface area contributed by atoms with Gasteiger partial charge in [-0.05, 0) is 6.07 Å². The monoisotopic (exact) mass is 232 g/mol. The van der Waals surface area contributed by atoms with E-state index in [0.29, 0.717) is 5.82 Å². The number of aromatic nitrogens is 6. The van der Waals surface area contributed by atoms with Gasteiger partial charge in [-0.25, -0.2) is 9.97 Å². The molecule has 0 aliphatic carbocycles. The first-order chi connectivity index (χ1) is 7.84. The third kappa shape index (κ3) is 1.41. The van der Waals surface area contributed by atoms with Gasteiger partial charge in [0.05, 0.1) is 5.69 Å². The third-order valence-electron chi connectivity index (χ3n) is 2.21. The molecule has 3 rings (SSSR count). The molecule has 6 nitrogen and oxygen atoms in total. The number of hydrogen-bond donors (Lipinski definition) is 1. The molecule has 0 aliphatic heterocycles. The molecule has 80 valence electrons.